The molecule has 0 amide bonds. The molecule has 0 aliphatic heterocycles. The Bertz CT molecular complexity index is 363. The highest BCUT2D eigenvalue weighted by molar-refractivity contribution is 5.46. The molecule has 2 heteroatoms. The molecule has 0 atom stereocenters. The van der Waals surface area contributed by atoms with Gasteiger partial charge in [-0.1, -0.05) is 46.8 Å². The van der Waals surface area contributed by atoms with Gasteiger partial charge in [0.05, 0.1) is 6.61 Å². The van der Waals surface area contributed by atoms with Crippen LogP contribution in [0, 0.1) is 5.41 Å². The first kappa shape index (κ1) is 16.0. The van der Waals surface area contributed by atoms with Crippen molar-refractivity contribution >= 4 is 5.69 Å². The van der Waals surface area contributed by atoms with E-state index in [0.29, 0.717) is 0 Å². The summed E-state index contributed by atoms with van der Waals surface area (Å²) in [5.74, 6) is 0. The van der Waals surface area contributed by atoms with Gasteiger partial charge in [0.1, 0.15) is 0 Å². The van der Waals surface area contributed by atoms with Crippen molar-refractivity contribution in [1.82, 2.24) is 0 Å². The summed E-state index contributed by atoms with van der Waals surface area (Å²) in [6.45, 7) is 12.0. The van der Waals surface area contributed by atoms with Gasteiger partial charge in [0.2, 0.25) is 0 Å². The number of hydrogen-bond acceptors (Lipinski definition) is 2. The zero-order valence-electron chi connectivity index (χ0n) is 13.1. The zero-order chi connectivity index (χ0) is 14.5. The maximum atomic E-state index is 9.57. The molecular weight excluding hydrogens is 234 g/mol. The molecule has 1 rings (SSSR count). The molecule has 0 aliphatic rings. The summed E-state index contributed by atoms with van der Waals surface area (Å²) in [5.41, 5.74) is 2.67. The van der Waals surface area contributed by atoms with Crippen molar-refractivity contribution in [3.8, 4) is 0 Å². The quantitative estimate of drug-likeness (QED) is 0.806. The van der Waals surface area contributed by atoms with Crippen molar-refractivity contribution in [2.75, 3.05) is 18.5 Å². The normalized spacial score (nSPS) is 12.5. The number of hydrogen-bond donors (Lipinski definition) is 2. The standard InChI is InChI=1S/C17H29NO/c1-6-17(7-2,13-19)12-18-15-10-8-14(9-11-15)16(3,4)5/h8-11,18-19H,6-7,12-13H2,1-5H3. The third-order valence-corrected chi connectivity index (χ3v) is 4.25. The number of rotatable bonds is 6. The van der Waals surface area contributed by atoms with E-state index in [-0.39, 0.29) is 17.4 Å². The third kappa shape index (κ3) is 4.24. The van der Waals surface area contributed by atoms with Gasteiger partial charge in [-0.15, -0.1) is 0 Å². The van der Waals surface area contributed by atoms with Crippen LogP contribution in [-0.4, -0.2) is 18.3 Å². The smallest absolute Gasteiger partial charge is 0.0504 e. The molecule has 1 aromatic rings. The van der Waals surface area contributed by atoms with Crippen LogP contribution in [0.1, 0.15) is 53.0 Å². The van der Waals surface area contributed by atoms with Gasteiger partial charge in [-0.05, 0) is 36.0 Å². The molecule has 108 valence electrons. The van der Waals surface area contributed by atoms with Crippen molar-refractivity contribution in [2.24, 2.45) is 5.41 Å². The average molecular weight is 263 g/mol. The van der Waals surface area contributed by atoms with Gasteiger partial charge in [0, 0.05) is 17.6 Å². The van der Waals surface area contributed by atoms with Crippen LogP contribution in [0.3, 0.4) is 0 Å². The van der Waals surface area contributed by atoms with E-state index in [0.717, 1.165) is 25.1 Å². The fourth-order valence-corrected chi connectivity index (χ4v) is 2.16. The van der Waals surface area contributed by atoms with E-state index in [9.17, 15) is 5.11 Å². The van der Waals surface area contributed by atoms with Crippen LogP contribution in [-0.2, 0) is 5.41 Å². The van der Waals surface area contributed by atoms with E-state index in [1.807, 2.05) is 0 Å². The van der Waals surface area contributed by atoms with E-state index in [4.69, 9.17) is 0 Å². The molecule has 0 aromatic heterocycles. The van der Waals surface area contributed by atoms with E-state index in [1.165, 1.54) is 5.56 Å². The fourth-order valence-electron chi connectivity index (χ4n) is 2.16. The first-order chi connectivity index (χ1) is 8.87. The minimum Gasteiger partial charge on any atom is -0.396 e. The second kappa shape index (κ2) is 6.42. The minimum absolute atomic E-state index is 0.00268. The second-order valence-electron chi connectivity index (χ2n) is 6.55. The Labute approximate surface area is 118 Å². The van der Waals surface area contributed by atoms with Crippen LogP contribution in [0.25, 0.3) is 0 Å². The lowest BCUT2D eigenvalue weighted by atomic mass is 9.83. The lowest BCUT2D eigenvalue weighted by Crippen LogP contribution is -2.32. The molecular formula is C17H29NO. The summed E-state index contributed by atoms with van der Waals surface area (Å²) in [6, 6.07) is 8.63. The Morgan fingerprint density at radius 3 is 1.89 bits per heavy atom. The first-order valence-corrected chi connectivity index (χ1v) is 7.32. The number of aliphatic hydroxyl groups is 1. The number of nitrogens with one attached hydrogen (secondary N) is 1. The highest BCUT2D eigenvalue weighted by atomic mass is 16.3. The molecule has 0 aliphatic carbocycles. The third-order valence-electron chi connectivity index (χ3n) is 4.25. The molecule has 0 fully saturated rings. The predicted octanol–water partition coefficient (Wildman–Crippen LogP) is 4.19. The summed E-state index contributed by atoms with van der Waals surface area (Å²) < 4.78 is 0. The highest BCUT2D eigenvalue weighted by Crippen LogP contribution is 2.27. The Morgan fingerprint density at radius 2 is 1.53 bits per heavy atom. The van der Waals surface area contributed by atoms with Crippen LogP contribution in [0.2, 0.25) is 0 Å². The lowest BCUT2D eigenvalue weighted by molar-refractivity contribution is 0.127. The van der Waals surface area contributed by atoms with Crippen molar-refractivity contribution in [2.45, 2.75) is 52.9 Å². The molecule has 0 unspecified atom stereocenters. The Morgan fingerprint density at radius 1 is 1.00 bits per heavy atom. The van der Waals surface area contributed by atoms with E-state index < -0.39 is 0 Å². The summed E-state index contributed by atoms with van der Waals surface area (Å²) >= 11 is 0. The monoisotopic (exact) mass is 263 g/mol. The Kier molecular flexibility index (Phi) is 5.42. The lowest BCUT2D eigenvalue weighted by Gasteiger charge is -2.30. The van der Waals surface area contributed by atoms with Crippen molar-refractivity contribution in [1.29, 1.82) is 0 Å². The van der Waals surface area contributed by atoms with E-state index in [2.05, 4.69) is 64.2 Å². The SMILES string of the molecule is CCC(CC)(CO)CNc1ccc(C(C)(C)C)cc1. The van der Waals surface area contributed by atoms with Gasteiger partial charge in [0.25, 0.3) is 0 Å². The molecule has 0 saturated carbocycles. The summed E-state index contributed by atoms with van der Waals surface area (Å²) in [4.78, 5) is 0. The van der Waals surface area contributed by atoms with Crippen molar-refractivity contribution < 1.29 is 5.11 Å². The molecule has 0 heterocycles. The van der Waals surface area contributed by atoms with Crippen LogP contribution in [0.5, 0.6) is 0 Å². The molecule has 0 radical (unpaired) electrons. The van der Waals surface area contributed by atoms with Crippen LogP contribution >= 0.6 is 0 Å². The number of aliphatic hydroxyl groups excluding tert-OH is 1. The van der Waals surface area contributed by atoms with Crippen LogP contribution < -0.4 is 5.32 Å². The highest BCUT2D eigenvalue weighted by Gasteiger charge is 2.24. The number of anilines is 1. The van der Waals surface area contributed by atoms with Crippen LogP contribution in [0.4, 0.5) is 5.69 Å². The maximum Gasteiger partial charge on any atom is 0.0504 e. The Balaban J connectivity index is 2.69. The largest absolute Gasteiger partial charge is 0.396 e. The molecule has 0 saturated heterocycles. The second-order valence-corrected chi connectivity index (χ2v) is 6.55. The molecule has 0 spiro atoms. The van der Waals surface area contributed by atoms with Crippen molar-refractivity contribution in [3.63, 3.8) is 0 Å². The van der Waals surface area contributed by atoms with Gasteiger partial charge in [-0.2, -0.15) is 0 Å². The predicted molar refractivity (Wildman–Crippen MR) is 83.7 cm³/mol. The minimum atomic E-state index is 0.00268. The van der Waals surface area contributed by atoms with Gasteiger partial charge in [0.15, 0.2) is 0 Å². The topological polar surface area (TPSA) is 32.3 Å². The molecule has 2 N–H and O–H groups in total. The molecule has 0 bridgehead atoms. The van der Waals surface area contributed by atoms with E-state index >= 15 is 0 Å². The maximum absolute atomic E-state index is 9.57. The molecule has 19 heavy (non-hydrogen) atoms. The van der Waals surface area contributed by atoms with E-state index in [1.54, 1.807) is 0 Å². The molecule has 1 aromatic carbocycles. The molecule has 2 nitrogen and oxygen atoms in total. The zero-order valence-corrected chi connectivity index (χ0v) is 13.1. The Hall–Kier alpha value is -1.02. The van der Waals surface area contributed by atoms with Gasteiger partial charge >= 0.3 is 0 Å². The summed E-state index contributed by atoms with van der Waals surface area (Å²) in [7, 11) is 0. The average Bonchev–Trinajstić information content (AvgIpc) is 2.40. The van der Waals surface area contributed by atoms with Crippen LogP contribution in [0.15, 0.2) is 24.3 Å². The summed E-state index contributed by atoms with van der Waals surface area (Å²) in [5, 5.41) is 13.0. The van der Waals surface area contributed by atoms with Gasteiger partial charge < -0.3 is 10.4 Å². The first-order valence-electron chi connectivity index (χ1n) is 7.32. The van der Waals surface area contributed by atoms with Gasteiger partial charge in [-0.3, -0.25) is 0 Å². The summed E-state index contributed by atoms with van der Waals surface area (Å²) in [6.07, 6.45) is 1.99. The van der Waals surface area contributed by atoms with Gasteiger partial charge in [-0.25, -0.2) is 0 Å². The van der Waals surface area contributed by atoms with Crippen molar-refractivity contribution in [3.05, 3.63) is 29.8 Å². The number of benzene rings is 1. The fraction of sp³-hybridized carbons (Fsp3) is 0.647.